The van der Waals surface area contributed by atoms with Crippen LogP contribution in [0, 0.1) is 21.4 Å². The molecule has 0 spiro atoms. The van der Waals surface area contributed by atoms with Crippen LogP contribution >= 0.6 is 15.9 Å². The van der Waals surface area contributed by atoms with Crippen LogP contribution in [-0.4, -0.2) is 24.6 Å². The van der Waals surface area contributed by atoms with E-state index in [4.69, 9.17) is 10.00 Å². The molecule has 1 aromatic carbocycles. The minimum atomic E-state index is -0.481. The number of non-ortho nitro benzene ring substituents is 1. The van der Waals surface area contributed by atoms with Crippen molar-refractivity contribution in [2.24, 2.45) is 0 Å². The van der Waals surface area contributed by atoms with Gasteiger partial charge in [0.1, 0.15) is 5.75 Å². The second kappa shape index (κ2) is 6.93. The summed E-state index contributed by atoms with van der Waals surface area (Å²) in [5, 5.41) is 22.2. The van der Waals surface area contributed by atoms with Gasteiger partial charge in [-0.1, -0.05) is 0 Å². The third kappa shape index (κ3) is 3.98. The van der Waals surface area contributed by atoms with Crippen molar-refractivity contribution >= 4 is 21.6 Å². The quantitative estimate of drug-likeness (QED) is 0.642. The zero-order valence-electron chi connectivity index (χ0n) is 9.72. The second-order valence-electron chi connectivity index (χ2n) is 3.48. The number of nitro benzene ring substituents is 1. The van der Waals surface area contributed by atoms with E-state index in [1.165, 1.54) is 12.1 Å². The molecule has 18 heavy (non-hydrogen) atoms. The fraction of sp³-hybridized carbons (Fsp3) is 0.364. The number of nitrogens with zero attached hydrogens (tertiary/aromatic N) is 2. The molecular weight excluding hydrogens is 302 g/mol. The average Bonchev–Trinajstić information content (AvgIpc) is 2.36. The molecule has 0 amide bonds. The Morgan fingerprint density at radius 2 is 2.39 bits per heavy atom. The number of ether oxygens (including phenoxy) is 1. The van der Waals surface area contributed by atoms with E-state index in [-0.39, 0.29) is 11.7 Å². The van der Waals surface area contributed by atoms with Gasteiger partial charge in [0.25, 0.3) is 5.69 Å². The summed E-state index contributed by atoms with van der Waals surface area (Å²) in [6, 6.07) is 6.09. The van der Waals surface area contributed by atoms with Crippen LogP contribution in [-0.2, 0) is 0 Å². The summed E-state index contributed by atoms with van der Waals surface area (Å²) in [6.07, 6.45) is 0.502. The molecular formula is C11H12BrN3O3. The molecule has 0 aliphatic rings. The van der Waals surface area contributed by atoms with Crippen molar-refractivity contribution < 1.29 is 9.66 Å². The van der Waals surface area contributed by atoms with E-state index < -0.39 is 4.92 Å². The molecule has 0 radical (unpaired) electrons. The van der Waals surface area contributed by atoms with E-state index in [9.17, 15) is 10.1 Å². The molecule has 0 saturated carbocycles. The zero-order valence-corrected chi connectivity index (χ0v) is 11.3. The molecule has 7 heteroatoms. The number of halogens is 1. The van der Waals surface area contributed by atoms with Crippen molar-refractivity contribution in [1.29, 1.82) is 5.26 Å². The first-order valence-corrected chi connectivity index (χ1v) is 6.01. The highest BCUT2D eigenvalue weighted by atomic mass is 79.9. The maximum Gasteiger partial charge on any atom is 0.273 e. The molecule has 0 bridgehead atoms. The van der Waals surface area contributed by atoms with E-state index in [1.807, 2.05) is 0 Å². The highest BCUT2D eigenvalue weighted by molar-refractivity contribution is 9.10. The molecule has 0 heterocycles. The summed E-state index contributed by atoms with van der Waals surface area (Å²) >= 11 is 3.25. The van der Waals surface area contributed by atoms with Crippen LogP contribution in [0.5, 0.6) is 5.75 Å². The van der Waals surface area contributed by atoms with Crippen LogP contribution in [0.4, 0.5) is 5.69 Å². The van der Waals surface area contributed by atoms with Crippen LogP contribution < -0.4 is 10.1 Å². The number of nitrogens with one attached hydrogen (secondary N) is 1. The molecule has 96 valence electrons. The normalized spacial score (nSPS) is 11.6. The Morgan fingerprint density at radius 3 is 2.94 bits per heavy atom. The van der Waals surface area contributed by atoms with Crippen molar-refractivity contribution in [3.63, 3.8) is 0 Å². The minimum absolute atomic E-state index is 0.0290. The van der Waals surface area contributed by atoms with Crippen LogP contribution in [0.15, 0.2) is 22.7 Å². The monoisotopic (exact) mass is 313 g/mol. The largest absolute Gasteiger partial charge is 0.492 e. The Morgan fingerprint density at radius 1 is 1.67 bits per heavy atom. The Hall–Kier alpha value is -1.65. The molecule has 1 atom stereocenters. The Labute approximate surface area is 113 Å². The first kappa shape index (κ1) is 14.4. The van der Waals surface area contributed by atoms with Crippen molar-refractivity contribution in [2.75, 3.05) is 13.7 Å². The van der Waals surface area contributed by atoms with Crippen LogP contribution in [0.25, 0.3) is 0 Å². The number of nitro groups is 1. The predicted molar refractivity (Wildman–Crippen MR) is 69.4 cm³/mol. The Kier molecular flexibility index (Phi) is 5.55. The SMILES string of the molecule is CNC(C#N)CCOc1cc([N+](=O)[O-])ccc1Br. The molecule has 0 saturated heterocycles. The van der Waals surface area contributed by atoms with E-state index >= 15 is 0 Å². The van der Waals surface area contributed by atoms with Crippen LogP contribution in [0.2, 0.25) is 0 Å². The van der Waals surface area contributed by atoms with E-state index in [1.54, 1.807) is 13.1 Å². The summed E-state index contributed by atoms with van der Waals surface area (Å²) in [5.74, 6) is 0.400. The van der Waals surface area contributed by atoms with E-state index in [2.05, 4.69) is 27.3 Å². The maximum absolute atomic E-state index is 10.6. The number of benzene rings is 1. The lowest BCUT2D eigenvalue weighted by molar-refractivity contribution is -0.385. The summed E-state index contributed by atoms with van der Waals surface area (Å²) in [6.45, 7) is 0.304. The standard InChI is InChI=1S/C11H12BrN3O3/c1-14-8(7-13)4-5-18-11-6-9(15(16)17)2-3-10(11)12/h2-3,6,8,14H,4-5H2,1H3. The van der Waals surface area contributed by atoms with Gasteiger partial charge in [0.15, 0.2) is 0 Å². The first-order valence-electron chi connectivity index (χ1n) is 5.22. The minimum Gasteiger partial charge on any atom is -0.492 e. The van der Waals surface area contributed by atoms with Gasteiger partial charge < -0.3 is 10.1 Å². The predicted octanol–water partition coefficient (Wildman–Crippen LogP) is 2.24. The maximum atomic E-state index is 10.6. The van der Waals surface area contributed by atoms with Gasteiger partial charge in [-0.15, -0.1) is 0 Å². The molecule has 0 fully saturated rings. The molecule has 0 aliphatic carbocycles. The van der Waals surface area contributed by atoms with Crippen LogP contribution in [0.1, 0.15) is 6.42 Å². The molecule has 0 aliphatic heterocycles. The van der Waals surface area contributed by atoms with Crippen molar-refractivity contribution in [3.05, 3.63) is 32.8 Å². The third-order valence-electron chi connectivity index (χ3n) is 2.29. The number of hydrogen-bond acceptors (Lipinski definition) is 5. The first-order chi connectivity index (χ1) is 8.58. The molecule has 6 nitrogen and oxygen atoms in total. The van der Waals surface area contributed by atoms with Gasteiger partial charge in [-0.25, -0.2) is 0 Å². The molecule has 1 rings (SSSR count). The summed E-state index contributed by atoms with van der Waals surface area (Å²) < 4.78 is 6.06. The van der Waals surface area contributed by atoms with Crippen molar-refractivity contribution in [2.45, 2.75) is 12.5 Å². The van der Waals surface area contributed by atoms with E-state index in [0.717, 1.165) is 0 Å². The fourth-order valence-electron chi connectivity index (χ4n) is 1.28. The number of rotatable bonds is 6. The van der Waals surface area contributed by atoms with Crippen molar-refractivity contribution in [3.8, 4) is 11.8 Å². The molecule has 1 unspecified atom stereocenters. The summed E-state index contributed by atoms with van der Waals surface area (Å²) in [4.78, 5) is 10.1. The number of nitriles is 1. The molecule has 0 aromatic heterocycles. The Bertz CT molecular complexity index is 473. The lowest BCUT2D eigenvalue weighted by Gasteiger charge is -2.10. The van der Waals surface area contributed by atoms with Crippen LogP contribution in [0.3, 0.4) is 0 Å². The number of hydrogen-bond donors (Lipinski definition) is 1. The Balaban J connectivity index is 2.64. The third-order valence-corrected chi connectivity index (χ3v) is 2.95. The van der Waals surface area contributed by atoms with Crippen molar-refractivity contribution in [1.82, 2.24) is 5.32 Å². The molecule has 1 N–H and O–H groups in total. The van der Waals surface area contributed by atoms with E-state index in [0.29, 0.717) is 23.2 Å². The van der Waals surface area contributed by atoms with Gasteiger partial charge in [-0.3, -0.25) is 10.1 Å². The smallest absolute Gasteiger partial charge is 0.273 e. The van der Waals surface area contributed by atoms with Gasteiger partial charge in [0, 0.05) is 12.5 Å². The topological polar surface area (TPSA) is 88.2 Å². The highest BCUT2D eigenvalue weighted by Crippen LogP contribution is 2.29. The van der Waals surface area contributed by atoms with Gasteiger partial charge >= 0.3 is 0 Å². The fourth-order valence-corrected chi connectivity index (χ4v) is 1.64. The lowest BCUT2D eigenvalue weighted by Crippen LogP contribution is -2.25. The van der Waals surface area contributed by atoms with Gasteiger partial charge in [0.2, 0.25) is 0 Å². The van der Waals surface area contributed by atoms with Gasteiger partial charge in [-0.05, 0) is 29.0 Å². The van der Waals surface area contributed by atoms with Gasteiger partial charge in [0.05, 0.1) is 34.2 Å². The lowest BCUT2D eigenvalue weighted by atomic mass is 10.2. The molecule has 1 aromatic rings. The van der Waals surface area contributed by atoms with Gasteiger partial charge in [-0.2, -0.15) is 5.26 Å². The summed E-state index contributed by atoms with van der Waals surface area (Å²) in [5.41, 5.74) is -0.0290. The average molecular weight is 314 g/mol. The zero-order chi connectivity index (χ0) is 13.5. The highest BCUT2D eigenvalue weighted by Gasteiger charge is 2.11. The second-order valence-corrected chi connectivity index (χ2v) is 4.33. The summed E-state index contributed by atoms with van der Waals surface area (Å²) in [7, 11) is 1.69.